The van der Waals surface area contributed by atoms with Crippen molar-refractivity contribution in [3.8, 4) is 0 Å². The van der Waals surface area contributed by atoms with Crippen LogP contribution in [0.2, 0.25) is 5.02 Å². The van der Waals surface area contributed by atoms with Crippen LogP contribution < -0.4 is 11.2 Å². The summed E-state index contributed by atoms with van der Waals surface area (Å²) in [5, 5.41) is 1.14. The van der Waals surface area contributed by atoms with Gasteiger partial charge in [0.05, 0.1) is 17.4 Å². The Hall–Kier alpha value is -2.33. The molecule has 0 saturated heterocycles. The smallest absolute Gasteiger partial charge is 0.289 e. The maximum atomic E-state index is 12.6. The monoisotopic (exact) mass is 314 g/mol. The number of para-hydroxylation sites is 1. The predicted octanol–water partition coefficient (Wildman–Crippen LogP) is 2.88. The highest BCUT2D eigenvalue weighted by Gasteiger charge is 2.12. The molecule has 1 aromatic heterocycles. The number of hydrogen-bond donors (Lipinski definition) is 0. The van der Waals surface area contributed by atoms with E-state index in [1.165, 1.54) is 4.57 Å². The molecule has 0 aliphatic carbocycles. The molecular weight excluding hydrogens is 300 g/mol. The van der Waals surface area contributed by atoms with Crippen molar-refractivity contribution in [2.75, 3.05) is 0 Å². The number of hydrogen-bond acceptors (Lipinski definition) is 2. The van der Waals surface area contributed by atoms with Crippen molar-refractivity contribution in [2.24, 2.45) is 0 Å². The minimum absolute atomic E-state index is 0.251. The van der Waals surface area contributed by atoms with Gasteiger partial charge in [0.1, 0.15) is 0 Å². The zero-order chi connectivity index (χ0) is 15.7. The molecule has 0 saturated carbocycles. The van der Waals surface area contributed by atoms with E-state index < -0.39 is 0 Å². The topological polar surface area (TPSA) is 44.0 Å². The molecule has 4 nitrogen and oxygen atoms in total. The van der Waals surface area contributed by atoms with Crippen LogP contribution in [0.4, 0.5) is 0 Å². The van der Waals surface area contributed by atoms with Gasteiger partial charge >= 0.3 is 5.69 Å². The summed E-state index contributed by atoms with van der Waals surface area (Å²) < 4.78 is 2.85. The molecule has 0 bridgehead atoms. The lowest BCUT2D eigenvalue weighted by Gasteiger charge is -2.14. The lowest BCUT2D eigenvalue weighted by Crippen LogP contribution is -2.39. The van der Waals surface area contributed by atoms with Crippen LogP contribution in [0.25, 0.3) is 10.9 Å². The van der Waals surface area contributed by atoms with Gasteiger partial charge in [0.2, 0.25) is 0 Å². The molecule has 0 atom stereocenters. The highest BCUT2D eigenvalue weighted by atomic mass is 35.5. The summed E-state index contributed by atoms with van der Waals surface area (Å²) in [4.78, 5) is 25.0. The Kier molecular flexibility index (Phi) is 3.86. The zero-order valence-corrected chi connectivity index (χ0v) is 12.9. The molecule has 1 heterocycles. The van der Waals surface area contributed by atoms with E-state index in [1.54, 1.807) is 35.8 Å². The second-order valence-corrected chi connectivity index (χ2v) is 5.43. The highest BCUT2D eigenvalue weighted by Crippen LogP contribution is 2.17. The second kappa shape index (κ2) is 5.81. The summed E-state index contributed by atoms with van der Waals surface area (Å²) in [6, 6.07) is 14.5. The Labute approximate surface area is 132 Å². The third-order valence-corrected chi connectivity index (χ3v) is 4.10. The first-order valence-electron chi connectivity index (χ1n) is 7.09. The summed E-state index contributed by atoms with van der Waals surface area (Å²) in [5.74, 6) is 0. The summed E-state index contributed by atoms with van der Waals surface area (Å²) in [5.41, 5.74) is 0.907. The largest absolute Gasteiger partial charge is 0.331 e. The highest BCUT2D eigenvalue weighted by molar-refractivity contribution is 6.31. The van der Waals surface area contributed by atoms with Gasteiger partial charge in [0.25, 0.3) is 5.56 Å². The van der Waals surface area contributed by atoms with Crippen LogP contribution in [-0.2, 0) is 13.1 Å². The van der Waals surface area contributed by atoms with E-state index in [0.29, 0.717) is 29.0 Å². The Bertz CT molecular complexity index is 957. The molecule has 2 aromatic carbocycles. The molecule has 0 radical (unpaired) electrons. The molecule has 0 unspecified atom stereocenters. The van der Waals surface area contributed by atoms with Gasteiger partial charge in [0.15, 0.2) is 0 Å². The van der Waals surface area contributed by atoms with E-state index in [4.69, 9.17) is 11.6 Å². The zero-order valence-electron chi connectivity index (χ0n) is 12.1. The first kappa shape index (κ1) is 14.6. The van der Waals surface area contributed by atoms with Gasteiger partial charge in [-0.15, -0.1) is 0 Å². The van der Waals surface area contributed by atoms with Crippen molar-refractivity contribution in [1.82, 2.24) is 9.13 Å². The lowest BCUT2D eigenvalue weighted by atomic mass is 10.2. The molecule has 0 N–H and O–H groups in total. The second-order valence-electron chi connectivity index (χ2n) is 5.03. The van der Waals surface area contributed by atoms with Gasteiger partial charge in [-0.1, -0.05) is 41.9 Å². The Morgan fingerprint density at radius 3 is 2.36 bits per heavy atom. The molecule has 0 aliphatic heterocycles. The number of rotatable bonds is 3. The molecule has 3 rings (SSSR count). The molecule has 0 fully saturated rings. The van der Waals surface area contributed by atoms with Gasteiger partial charge < -0.3 is 0 Å². The van der Waals surface area contributed by atoms with Crippen molar-refractivity contribution >= 4 is 22.5 Å². The molecule has 22 heavy (non-hydrogen) atoms. The Morgan fingerprint density at radius 1 is 0.955 bits per heavy atom. The maximum Gasteiger partial charge on any atom is 0.331 e. The summed E-state index contributed by atoms with van der Waals surface area (Å²) in [6.07, 6.45) is 0. The van der Waals surface area contributed by atoms with Crippen molar-refractivity contribution in [3.05, 3.63) is 80.0 Å². The van der Waals surface area contributed by atoms with Crippen molar-refractivity contribution in [1.29, 1.82) is 0 Å². The molecule has 0 spiro atoms. The van der Waals surface area contributed by atoms with Crippen molar-refractivity contribution in [3.63, 3.8) is 0 Å². The Balaban J connectivity index is 2.32. The van der Waals surface area contributed by atoms with Crippen LogP contribution in [0.1, 0.15) is 12.5 Å². The molecule has 5 heteroatoms. The number of halogens is 1. The first-order valence-corrected chi connectivity index (χ1v) is 7.47. The van der Waals surface area contributed by atoms with Crippen molar-refractivity contribution in [2.45, 2.75) is 20.0 Å². The quantitative estimate of drug-likeness (QED) is 0.746. The minimum Gasteiger partial charge on any atom is -0.289 e. The fourth-order valence-corrected chi connectivity index (χ4v) is 2.80. The van der Waals surface area contributed by atoms with E-state index in [0.717, 1.165) is 5.56 Å². The number of aromatic nitrogens is 2. The number of fused-ring (bicyclic) bond motifs is 1. The predicted molar refractivity (Wildman–Crippen MR) is 88.7 cm³/mol. The number of benzene rings is 2. The van der Waals surface area contributed by atoms with Crippen molar-refractivity contribution < 1.29 is 0 Å². The van der Waals surface area contributed by atoms with Crippen LogP contribution >= 0.6 is 11.6 Å². The molecule has 0 amide bonds. The third-order valence-electron chi connectivity index (χ3n) is 3.73. The van der Waals surface area contributed by atoms with Gasteiger partial charge in [-0.25, -0.2) is 4.79 Å². The summed E-state index contributed by atoms with van der Waals surface area (Å²) in [6.45, 7) is 2.46. The average molecular weight is 315 g/mol. The summed E-state index contributed by atoms with van der Waals surface area (Å²) >= 11 is 6.20. The van der Waals surface area contributed by atoms with Crippen LogP contribution in [-0.4, -0.2) is 9.13 Å². The lowest BCUT2D eigenvalue weighted by molar-refractivity contribution is 0.619. The van der Waals surface area contributed by atoms with Crippen LogP contribution in [0.15, 0.2) is 58.1 Å². The molecule has 0 aliphatic rings. The van der Waals surface area contributed by atoms with E-state index in [9.17, 15) is 9.59 Å². The van der Waals surface area contributed by atoms with E-state index >= 15 is 0 Å². The first-order chi connectivity index (χ1) is 10.6. The Morgan fingerprint density at radius 2 is 1.64 bits per heavy atom. The van der Waals surface area contributed by atoms with Crippen LogP contribution in [0.5, 0.6) is 0 Å². The molecule has 3 aromatic rings. The standard InChI is InChI=1S/C17H15ClN2O2/c1-2-19-16(21)13-8-4-6-10-15(13)20(17(19)22)11-12-7-3-5-9-14(12)18/h3-10H,2,11H2,1H3. The van der Waals surface area contributed by atoms with E-state index in [-0.39, 0.29) is 11.2 Å². The molecular formula is C17H15ClN2O2. The van der Waals surface area contributed by atoms with E-state index in [1.807, 2.05) is 24.3 Å². The fourth-order valence-electron chi connectivity index (χ4n) is 2.60. The van der Waals surface area contributed by atoms with Crippen LogP contribution in [0.3, 0.4) is 0 Å². The molecule has 112 valence electrons. The van der Waals surface area contributed by atoms with Gasteiger partial charge in [-0.2, -0.15) is 0 Å². The maximum absolute atomic E-state index is 12.6. The minimum atomic E-state index is -0.314. The SMILES string of the molecule is CCn1c(=O)c2ccccc2n(Cc2ccccc2Cl)c1=O. The van der Waals surface area contributed by atoms with Gasteiger partial charge in [-0.05, 0) is 30.7 Å². The number of nitrogens with zero attached hydrogens (tertiary/aromatic N) is 2. The van der Waals surface area contributed by atoms with Gasteiger partial charge in [-0.3, -0.25) is 13.9 Å². The van der Waals surface area contributed by atoms with E-state index in [2.05, 4.69) is 0 Å². The van der Waals surface area contributed by atoms with Gasteiger partial charge in [0, 0.05) is 11.6 Å². The average Bonchev–Trinajstić information content (AvgIpc) is 2.54. The normalized spacial score (nSPS) is 11.0. The third kappa shape index (κ3) is 2.35. The fraction of sp³-hybridized carbons (Fsp3) is 0.176. The van der Waals surface area contributed by atoms with Crippen LogP contribution in [0, 0.1) is 0 Å². The summed E-state index contributed by atoms with van der Waals surface area (Å²) in [7, 11) is 0.